The number of rotatable bonds is 6. The zero-order valence-electron chi connectivity index (χ0n) is 15.3. The molecule has 0 aliphatic carbocycles. The van der Waals surface area contributed by atoms with Crippen LogP contribution in [0.1, 0.15) is 5.69 Å². The van der Waals surface area contributed by atoms with E-state index in [1.807, 2.05) is 29.8 Å². The van der Waals surface area contributed by atoms with Crippen molar-refractivity contribution in [2.45, 2.75) is 10.9 Å². The molecule has 27 heavy (non-hydrogen) atoms. The SMILES string of the molecule is COc1cccc(-c2nc(CSc3nnc(N4CCOCC4)n3C)cs2)c1. The first kappa shape index (κ1) is 18.3. The second-order valence-electron chi connectivity index (χ2n) is 6.11. The minimum atomic E-state index is 0.737. The molecule has 142 valence electrons. The Kier molecular flexibility index (Phi) is 5.61. The van der Waals surface area contributed by atoms with Crippen LogP contribution in [-0.4, -0.2) is 53.2 Å². The van der Waals surface area contributed by atoms with Crippen molar-refractivity contribution in [1.29, 1.82) is 0 Å². The lowest BCUT2D eigenvalue weighted by atomic mass is 10.2. The van der Waals surface area contributed by atoms with Crippen molar-refractivity contribution >= 4 is 29.0 Å². The Hall–Kier alpha value is -2.10. The average Bonchev–Trinajstić information content (AvgIpc) is 3.34. The zero-order valence-corrected chi connectivity index (χ0v) is 16.9. The number of ether oxygens (including phenoxy) is 2. The van der Waals surface area contributed by atoms with Crippen LogP contribution in [0.2, 0.25) is 0 Å². The van der Waals surface area contributed by atoms with Crippen LogP contribution in [0.25, 0.3) is 10.6 Å². The first-order valence-corrected chi connectivity index (χ1v) is 10.5. The quantitative estimate of drug-likeness (QED) is 0.586. The molecule has 0 bridgehead atoms. The Morgan fingerprint density at radius 2 is 2.11 bits per heavy atom. The third-order valence-corrected chi connectivity index (χ3v) is 6.32. The highest BCUT2D eigenvalue weighted by Gasteiger charge is 2.18. The average molecular weight is 404 g/mol. The number of hydrogen-bond donors (Lipinski definition) is 0. The van der Waals surface area contributed by atoms with E-state index in [1.54, 1.807) is 30.2 Å². The van der Waals surface area contributed by atoms with Crippen LogP contribution in [0.4, 0.5) is 5.95 Å². The second kappa shape index (κ2) is 8.28. The zero-order chi connectivity index (χ0) is 18.6. The summed E-state index contributed by atoms with van der Waals surface area (Å²) in [6, 6.07) is 7.98. The van der Waals surface area contributed by atoms with Gasteiger partial charge in [0.1, 0.15) is 10.8 Å². The Morgan fingerprint density at radius 3 is 2.93 bits per heavy atom. The lowest BCUT2D eigenvalue weighted by molar-refractivity contribution is 0.121. The third-order valence-electron chi connectivity index (χ3n) is 4.32. The maximum absolute atomic E-state index is 5.41. The van der Waals surface area contributed by atoms with E-state index in [1.165, 1.54) is 0 Å². The van der Waals surface area contributed by atoms with Gasteiger partial charge < -0.3 is 14.4 Å². The molecule has 1 aromatic carbocycles. The Balaban J connectivity index is 1.42. The van der Waals surface area contributed by atoms with Gasteiger partial charge in [-0.05, 0) is 12.1 Å². The van der Waals surface area contributed by atoms with Gasteiger partial charge >= 0.3 is 0 Å². The predicted molar refractivity (Wildman–Crippen MR) is 108 cm³/mol. The van der Waals surface area contributed by atoms with Crippen LogP contribution < -0.4 is 9.64 Å². The van der Waals surface area contributed by atoms with Gasteiger partial charge in [-0.15, -0.1) is 21.5 Å². The van der Waals surface area contributed by atoms with Crippen molar-refractivity contribution in [2.75, 3.05) is 38.3 Å². The van der Waals surface area contributed by atoms with E-state index < -0.39 is 0 Å². The molecule has 0 saturated carbocycles. The molecule has 0 radical (unpaired) electrons. The lowest BCUT2D eigenvalue weighted by Gasteiger charge is -2.27. The van der Waals surface area contributed by atoms with Gasteiger partial charge in [0.25, 0.3) is 0 Å². The summed E-state index contributed by atoms with van der Waals surface area (Å²) in [7, 11) is 3.69. The first-order chi connectivity index (χ1) is 13.2. The van der Waals surface area contributed by atoms with Gasteiger partial charge in [-0.1, -0.05) is 23.9 Å². The molecule has 0 atom stereocenters. The summed E-state index contributed by atoms with van der Waals surface area (Å²) in [6.45, 7) is 3.18. The van der Waals surface area contributed by atoms with Crippen molar-refractivity contribution in [2.24, 2.45) is 7.05 Å². The first-order valence-electron chi connectivity index (χ1n) is 8.68. The topological polar surface area (TPSA) is 65.3 Å². The molecule has 7 nitrogen and oxygen atoms in total. The molecule has 0 unspecified atom stereocenters. The van der Waals surface area contributed by atoms with Gasteiger partial charge in [-0.3, -0.25) is 4.57 Å². The Morgan fingerprint density at radius 1 is 1.26 bits per heavy atom. The number of hydrogen-bond acceptors (Lipinski definition) is 8. The molecule has 3 heterocycles. The number of morpholine rings is 1. The van der Waals surface area contributed by atoms with Crippen molar-refractivity contribution in [3.8, 4) is 16.3 Å². The number of thiazole rings is 1. The monoisotopic (exact) mass is 403 g/mol. The van der Waals surface area contributed by atoms with Crippen molar-refractivity contribution in [3.05, 3.63) is 35.3 Å². The van der Waals surface area contributed by atoms with Crippen LogP contribution in [0.15, 0.2) is 34.8 Å². The van der Waals surface area contributed by atoms with Crippen LogP contribution in [0.3, 0.4) is 0 Å². The van der Waals surface area contributed by atoms with Gasteiger partial charge in [0.15, 0.2) is 5.16 Å². The van der Waals surface area contributed by atoms with Gasteiger partial charge in [0.05, 0.1) is 26.0 Å². The Bertz CT molecular complexity index is 905. The van der Waals surface area contributed by atoms with Crippen LogP contribution in [0, 0.1) is 0 Å². The summed E-state index contributed by atoms with van der Waals surface area (Å²) in [5, 5.41) is 12.7. The van der Waals surface area contributed by atoms with E-state index in [4.69, 9.17) is 14.5 Å². The molecule has 0 amide bonds. The maximum atomic E-state index is 5.41. The maximum Gasteiger partial charge on any atom is 0.227 e. The number of methoxy groups -OCH3 is 1. The molecular formula is C18H21N5O2S2. The molecule has 0 spiro atoms. The van der Waals surface area contributed by atoms with Crippen LogP contribution >= 0.6 is 23.1 Å². The standard InChI is InChI=1S/C18H21N5O2S2/c1-22-17(23-6-8-25-9-7-23)20-21-18(22)27-12-14-11-26-16(19-14)13-4-3-5-15(10-13)24-2/h3-5,10-11H,6-9,12H2,1-2H3. The molecule has 9 heteroatoms. The molecule has 1 aliphatic heterocycles. The lowest BCUT2D eigenvalue weighted by Crippen LogP contribution is -2.37. The molecule has 0 N–H and O–H groups in total. The molecule has 2 aromatic heterocycles. The van der Waals surface area contributed by atoms with E-state index in [0.717, 1.165) is 65.2 Å². The van der Waals surface area contributed by atoms with E-state index in [9.17, 15) is 0 Å². The van der Waals surface area contributed by atoms with Crippen molar-refractivity contribution in [3.63, 3.8) is 0 Å². The second-order valence-corrected chi connectivity index (χ2v) is 7.91. The highest BCUT2D eigenvalue weighted by Crippen LogP contribution is 2.30. The largest absolute Gasteiger partial charge is 0.497 e. The van der Waals surface area contributed by atoms with Gasteiger partial charge in [-0.2, -0.15) is 0 Å². The predicted octanol–water partition coefficient (Wildman–Crippen LogP) is 3.08. The Labute approximate surface area is 166 Å². The third kappa shape index (κ3) is 4.10. The molecular weight excluding hydrogens is 382 g/mol. The van der Waals surface area contributed by atoms with E-state index >= 15 is 0 Å². The minimum Gasteiger partial charge on any atom is -0.497 e. The number of nitrogens with zero attached hydrogens (tertiary/aromatic N) is 5. The summed E-state index contributed by atoms with van der Waals surface area (Å²) in [6.07, 6.45) is 0. The molecule has 3 aromatic rings. The smallest absolute Gasteiger partial charge is 0.227 e. The summed E-state index contributed by atoms with van der Waals surface area (Å²) < 4.78 is 12.8. The van der Waals surface area contributed by atoms with Gasteiger partial charge in [0.2, 0.25) is 5.95 Å². The van der Waals surface area contributed by atoms with E-state index in [2.05, 4.69) is 26.5 Å². The van der Waals surface area contributed by atoms with E-state index in [0.29, 0.717) is 0 Å². The summed E-state index contributed by atoms with van der Waals surface area (Å²) in [4.78, 5) is 6.97. The fourth-order valence-electron chi connectivity index (χ4n) is 2.87. The number of benzene rings is 1. The molecule has 1 aliphatic rings. The van der Waals surface area contributed by atoms with Gasteiger partial charge in [0, 0.05) is 36.8 Å². The van der Waals surface area contributed by atoms with Gasteiger partial charge in [-0.25, -0.2) is 4.98 Å². The van der Waals surface area contributed by atoms with E-state index in [-0.39, 0.29) is 0 Å². The minimum absolute atomic E-state index is 0.737. The fourth-order valence-corrected chi connectivity index (χ4v) is 4.59. The molecule has 4 rings (SSSR count). The molecule has 1 fully saturated rings. The highest BCUT2D eigenvalue weighted by atomic mass is 32.2. The fraction of sp³-hybridized carbons (Fsp3) is 0.389. The summed E-state index contributed by atoms with van der Waals surface area (Å²) in [5.41, 5.74) is 2.11. The van der Waals surface area contributed by atoms with Crippen LogP contribution in [-0.2, 0) is 17.5 Å². The molecule has 1 saturated heterocycles. The number of anilines is 1. The normalized spacial score (nSPS) is 14.5. The van der Waals surface area contributed by atoms with Crippen LogP contribution in [0.5, 0.6) is 5.75 Å². The number of thioether (sulfide) groups is 1. The van der Waals surface area contributed by atoms with Crippen molar-refractivity contribution in [1.82, 2.24) is 19.7 Å². The summed E-state index contributed by atoms with van der Waals surface area (Å²) >= 11 is 3.30. The number of aromatic nitrogens is 4. The summed E-state index contributed by atoms with van der Waals surface area (Å²) in [5.74, 6) is 2.50. The van der Waals surface area contributed by atoms with Crippen molar-refractivity contribution < 1.29 is 9.47 Å². The highest BCUT2D eigenvalue weighted by molar-refractivity contribution is 7.98.